The number of carboxylic acid groups (broad SMARTS) is 2. The first-order valence-electron chi connectivity index (χ1n) is 5.36. The van der Waals surface area contributed by atoms with Gasteiger partial charge in [0, 0.05) is 7.11 Å². The van der Waals surface area contributed by atoms with Gasteiger partial charge in [-0.25, -0.2) is 14.6 Å². The molecule has 19 heavy (non-hydrogen) atoms. The van der Waals surface area contributed by atoms with E-state index in [-0.39, 0.29) is 6.42 Å². The van der Waals surface area contributed by atoms with E-state index in [9.17, 15) is 9.59 Å². The van der Waals surface area contributed by atoms with Crippen molar-refractivity contribution in [1.82, 2.24) is 4.98 Å². The molecule has 0 saturated carbocycles. The highest BCUT2D eigenvalue weighted by atomic mass is 32.1. The maximum absolute atomic E-state index is 11.2. The SMILES string of the molecule is COC(Cc1nc2ccccc2s1)(C(=O)O)C(=O)O. The van der Waals surface area contributed by atoms with Gasteiger partial charge in [-0.05, 0) is 12.1 Å². The van der Waals surface area contributed by atoms with Crippen molar-refractivity contribution < 1.29 is 24.5 Å². The largest absolute Gasteiger partial charge is 0.479 e. The average molecular weight is 281 g/mol. The number of benzene rings is 1. The van der Waals surface area contributed by atoms with Crippen LogP contribution in [0.3, 0.4) is 0 Å². The Labute approximate surface area is 112 Å². The fourth-order valence-electron chi connectivity index (χ4n) is 1.70. The van der Waals surface area contributed by atoms with Gasteiger partial charge in [0.1, 0.15) is 0 Å². The highest BCUT2D eigenvalue weighted by molar-refractivity contribution is 7.18. The van der Waals surface area contributed by atoms with E-state index < -0.39 is 17.5 Å². The summed E-state index contributed by atoms with van der Waals surface area (Å²) in [5.41, 5.74) is -1.59. The van der Waals surface area contributed by atoms with Gasteiger partial charge in [-0.15, -0.1) is 11.3 Å². The van der Waals surface area contributed by atoms with E-state index in [4.69, 9.17) is 14.9 Å². The van der Waals surface area contributed by atoms with Crippen LogP contribution in [-0.4, -0.2) is 39.8 Å². The molecule has 0 saturated heterocycles. The molecule has 0 aliphatic carbocycles. The van der Waals surface area contributed by atoms with Crippen LogP contribution >= 0.6 is 11.3 Å². The minimum atomic E-state index is -2.30. The van der Waals surface area contributed by atoms with Crippen LogP contribution in [0.15, 0.2) is 24.3 Å². The second-order valence-corrected chi connectivity index (χ2v) is 5.01. The Hall–Kier alpha value is -1.99. The Morgan fingerprint density at radius 2 is 1.95 bits per heavy atom. The molecule has 1 aromatic heterocycles. The lowest BCUT2D eigenvalue weighted by Gasteiger charge is -2.21. The fourth-order valence-corrected chi connectivity index (χ4v) is 2.74. The third kappa shape index (κ3) is 2.29. The first-order valence-corrected chi connectivity index (χ1v) is 6.17. The first kappa shape index (κ1) is 13.4. The van der Waals surface area contributed by atoms with Gasteiger partial charge in [-0.2, -0.15) is 0 Å². The summed E-state index contributed by atoms with van der Waals surface area (Å²) in [6, 6.07) is 7.27. The fraction of sp³-hybridized carbons (Fsp3) is 0.250. The van der Waals surface area contributed by atoms with Crippen molar-refractivity contribution >= 4 is 33.5 Å². The molecule has 2 N–H and O–H groups in total. The van der Waals surface area contributed by atoms with Crippen LogP contribution in [0.2, 0.25) is 0 Å². The maximum atomic E-state index is 11.2. The van der Waals surface area contributed by atoms with E-state index in [0.717, 1.165) is 11.8 Å². The van der Waals surface area contributed by atoms with Crippen molar-refractivity contribution in [2.75, 3.05) is 7.11 Å². The molecule has 1 aromatic carbocycles. The highest BCUT2D eigenvalue weighted by Crippen LogP contribution is 2.26. The van der Waals surface area contributed by atoms with Gasteiger partial charge in [0.05, 0.1) is 21.6 Å². The molecule has 1 heterocycles. The molecule has 7 heteroatoms. The number of thiazole rings is 1. The summed E-state index contributed by atoms with van der Waals surface area (Å²) < 4.78 is 5.60. The van der Waals surface area contributed by atoms with Gasteiger partial charge in [-0.3, -0.25) is 0 Å². The normalized spacial score (nSPS) is 11.6. The molecule has 0 bridgehead atoms. The number of nitrogens with zero attached hydrogens (tertiary/aromatic N) is 1. The molecule has 2 rings (SSSR count). The van der Waals surface area contributed by atoms with Gasteiger partial charge in [0.25, 0.3) is 5.60 Å². The second-order valence-electron chi connectivity index (χ2n) is 3.89. The number of para-hydroxylation sites is 1. The standard InChI is InChI=1S/C12H11NO5S/c1-18-12(10(14)15,11(16)17)6-9-13-7-4-2-3-5-8(7)19-9/h2-5H,6H2,1H3,(H,14,15)(H,16,17). The van der Waals surface area contributed by atoms with Crippen molar-refractivity contribution in [3.8, 4) is 0 Å². The average Bonchev–Trinajstić information content (AvgIpc) is 2.77. The van der Waals surface area contributed by atoms with Crippen LogP contribution in [-0.2, 0) is 20.7 Å². The number of fused-ring (bicyclic) bond motifs is 1. The van der Waals surface area contributed by atoms with E-state index in [0.29, 0.717) is 10.5 Å². The summed E-state index contributed by atoms with van der Waals surface area (Å²) in [5, 5.41) is 18.6. The summed E-state index contributed by atoms with van der Waals surface area (Å²) in [6.07, 6.45) is -0.312. The molecule has 0 aliphatic rings. The van der Waals surface area contributed by atoms with E-state index in [2.05, 4.69) is 4.98 Å². The minimum Gasteiger partial charge on any atom is -0.479 e. The van der Waals surface area contributed by atoms with Gasteiger partial charge < -0.3 is 14.9 Å². The van der Waals surface area contributed by atoms with Crippen LogP contribution in [0.1, 0.15) is 5.01 Å². The predicted octanol–water partition coefficient (Wildman–Crippen LogP) is 1.39. The lowest BCUT2D eigenvalue weighted by atomic mass is 10.0. The van der Waals surface area contributed by atoms with Crippen molar-refractivity contribution in [2.24, 2.45) is 0 Å². The molecule has 0 aliphatic heterocycles. The zero-order chi connectivity index (χ0) is 14.0. The maximum Gasteiger partial charge on any atom is 0.348 e. The number of methoxy groups -OCH3 is 1. The molecule has 0 atom stereocenters. The number of hydrogen-bond acceptors (Lipinski definition) is 5. The first-order chi connectivity index (χ1) is 8.99. The van der Waals surface area contributed by atoms with E-state index in [1.165, 1.54) is 11.3 Å². The highest BCUT2D eigenvalue weighted by Gasteiger charge is 2.48. The molecule has 0 fully saturated rings. The summed E-state index contributed by atoms with van der Waals surface area (Å²) in [7, 11) is 1.07. The smallest absolute Gasteiger partial charge is 0.348 e. The van der Waals surface area contributed by atoms with Crippen molar-refractivity contribution in [1.29, 1.82) is 0 Å². The summed E-state index contributed by atoms with van der Waals surface area (Å²) in [6.45, 7) is 0. The molecule has 0 spiro atoms. The molecule has 6 nitrogen and oxygen atoms in total. The quantitative estimate of drug-likeness (QED) is 0.804. The van der Waals surface area contributed by atoms with E-state index in [1.807, 2.05) is 18.2 Å². The molecule has 100 valence electrons. The van der Waals surface area contributed by atoms with Crippen LogP contribution in [0.5, 0.6) is 0 Å². The van der Waals surface area contributed by atoms with E-state index in [1.54, 1.807) is 6.07 Å². The number of carboxylic acids is 2. The zero-order valence-electron chi connectivity index (χ0n) is 9.99. The Balaban J connectivity index is 2.41. The predicted molar refractivity (Wildman–Crippen MR) is 68.3 cm³/mol. The molecule has 0 amide bonds. The van der Waals surface area contributed by atoms with Gasteiger partial charge in [0.15, 0.2) is 0 Å². The number of aliphatic carboxylic acids is 2. The molecule has 0 radical (unpaired) electrons. The third-order valence-electron chi connectivity index (χ3n) is 2.78. The third-order valence-corrected chi connectivity index (χ3v) is 3.81. The van der Waals surface area contributed by atoms with E-state index >= 15 is 0 Å². The lowest BCUT2D eigenvalue weighted by Crippen LogP contribution is -2.50. The second kappa shape index (κ2) is 4.94. The lowest BCUT2D eigenvalue weighted by molar-refractivity contribution is -0.179. The van der Waals surface area contributed by atoms with Gasteiger partial charge in [-0.1, -0.05) is 12.1 Å². The van der Waals surface area contributed by atoms with Gasteiger partial charge in [0.2, 0.25) is 0 Å². The number of hydrogen-bond donors (Lipinski definition) is 2. The van der Waals surface area contributed by atoms with Crippen LogP contribution in [0, 0.1) is 0 Å². The zero-order valence-corrected chi connectivity index (χ0v) is 10.8. The topological polar surface area (TPSA) is 96.7 Å². The van der Waals surface area contributed by atoms with Crippen LogP contribution < -0.4 is 0 Å². The van der Waals surface area contributed by atoms with Crippen molar-refractivity contribution in [2.45, 2.75) is 12.0 Å². The Bertz CT molecular complexity index is 589. The van der Waals surface area contributed by atoms with Crippen LogP contribution in [0.25, 0.3) is 10.2 Å². The molecule has 2 aromatic rings. The number of ether oxygens (including phenoxy) is 1. The Morgan fingerprint density at radius 1 is 1.32 bits per heavy atom. The number of rotatable bonds is 5. The van der Waals surface area contributed by atoms with Crippen molar-refractivity contribution in [3.63, 3.8) is 0 Å². The van der Waals surface area contributed by atoms with Crippen LogP contribution in [0.4, 0.5) is 0 Å². The number of aromatic nitrogens is 1. The summed E-state index contributed by atoms with van der Waals surface area (Å²) in [4.78, 5) is 26.6. The number of carbonyl (C=O) groups is 2. The summed E-state index contributed by atoms with van der Waals surface area (Å²) >= 11 is 1.26. The molecule has 0 unspecified atom stereocenters. The molecular weight excluding hydrogens is 270 g/mol. The van der Waals surface area contributed by atoms with Crippen molar-refractivity contribution in [3.05, 3.63) is 29.3 Å². The van der Waals surface area contributed by atoms with Gasteiger partial charge >= 0.3 is 11.9 Å². The monoisotopic (exact) mass is 281 g/mol. The minimum absolute atomic E-state index is 0.312. The molecular formula is C12H11NO5S. The Kier molecular flexibility index (Phi) is 3.50. The summed E-state index contributed by atoms with van der Waals surface area (Å²) in [5.74, 6) is -3.08. The Morgan fingerprint density at radius 3 is 2.47 bits per heavy atom.